The van der Waals surface area contributed by atoms with Crippen LogP contribution in [0.5, 0.6) is 11.5 Å². The average Bonchev–Trinajstić information content (AvgIpc) is 2.35. The molecule has 3 N–H and O–H groups in total. The molecule has 0 bridgehead atoms. The second-order valence-corrected chi connectivity index (χ2v) is 6.12. The Hall–Kier alpha value is -1.71. The lowest BCUT2D eigenvalue weighted by Gasteiger charge is -2.34. The third-order valence-electron chi connectivity index (χ3n) is 3.91. The van der Waals surface area contributed by atoms with Gasteiger partial charge in [0.15, 0.2) is 11.5 Å². The van der Waals surface area contributed by atoms with Gasteiger partial charge in [0.05, 0.1) is 0 Å². The monoisotopic (exact) mass is 263 g/mol. The maximum atomic E-state index is 12.0. The van der Waals surface area contributed by atoms with E-state index in [0.29, 0.717) is 11.0 Å². The summed E-state index contributed by atoms with van der Waals surface area (Å²) in [4.78, 5) is 12.0. The molecule has 2 rings (SSSR count). The van der Waals surface area contributed by atoms with Crippen molar-refractivity contribution >= 4 is 5.91 Å². The number of phenolic OH excluding ortho intramolecular Hbond substituents is 2. The number of benzene rings is 1. The van der Waals surface area contributed by atoms with Crippen molar-refractivity contribution in [3.8, 4) is 11.5 Å². The number of amides is 1. The molecule has 0 aliphatic heterocycles. The van der Waals surface area contributed by atoms with E-state index in [0.717, 1.165) is 25.7 Å². The van der Waals surface area contributed by atoms with E-state index in [1.54, 1.807) is 0 Å². The fourth-order valence-corrected chi connectivity index (χ4v) is 2.48. The molecule has 4 nitrogen and oxygen atoms in total. The lowest BCUT2D eigenvalue weighted by molar-refractivity contribution is 0.0908. The first kappa shape index (κ1) is 13.7. The molecule has 1 aliphatic rings. The summed E-state index contributed by atoms with van der Waals surface area (Å²) >= 11 is 0. The maximum absolute atomic E-state index is 12.0. The Morgan fingerprint density at radius 3 is 2.42 bits per heavy atom. The largest absolute Gasteiger partial charge is 0.504 e. The highest BCUT2D eigenvalue weighted by Crippen LogP contribution is 2.35. The van der Waals surface area contributed by atoms with Crippen molar-refractivity contribution in [2.45, 2.75) is 45.6 Å². The first-order chi connectivity index (χ1) is 8.87. The smallest absolute Gasteiger partial charge is 0.251 e. The molecule has 0 saturated heterocycles. The quantitative estimate of drug-likeness (QED) is 0.719. The van der Waals surface area contributed by atoms with Gasteiger partial charge in [0.1, 0.15) is 0 Å². The minimum atomic E-state index is -0.266. The van der Waals surface area contributed by atoms with Crippen molar-refractivity contribution in [1.82, 2.24) is 5.32 Å². The Labute approximate surface area is 113 Å². The topological polar surface area (TPSA) is 69.6 Å². The van der Waals surface area contributed by atoms with Gasteiger partial charge in [0, 0.05) is 11.6 Å². The molecular formula is C15H21NO3. The number of rotatable bonds is 2. The lowest BCUT2D eigenvalue weighted by Crippen LogP contribution is -2.39. The molecule has 1 aromatic carbocycles. The third kappa shape index (κ3) is 3.40. The minimum Gasteiger partial charge on any atom is -0.504 e. The van der Waals surface area contributed by atoms with Gasteiger partial charge >= 0.3 is 0 Å². The number of carbonyl (C=O) groups is 1. The van der Waals surface area contributed by atoms with Crippen LogP contribution >= 0.6 is 0 Å². The summed E-state index contributed by atoms with van der Waals surface area (Å²) in [6, 6.07) is 4.33. The molecule has 19 heavy (non-hydrogen) atoms. The first-order valence-electron chi connectivity index (χ1n) is 6.70. The second-order valence-electron chi connectivity index (χ2n) is 6.12. The summed E-state index contributed by atoms with van der Waals surface area (Å²) in [6.45, 7) is 4.51. The third-order valence-corrected chi connectivity index (χ3v) is 3.91. The number of nitrogens with one attached hydrogen (secondary N) is 1. The van der Waals surface area contributed by atoms with Gasteiger partial charge in [-0.25, -0.2) is 0 Å². The van der Waals surface area contributed by atoms with Gasteiger partial charge in [-0.3, -0.25) is 4.79 Å². The summed E-state index contributed by atoms with van der Waals surface area (Å²) < 4.78 is 0. The van der Waals surface area contributed by atoms with E-state index in [2.05, 4.69) is 19.2 Å². The Morgan fingerprint density at radius 2 is 1.84 bits per heavy atom. The normalized spacial score (nSPS) is 19.1. The van der Waals surface area contributed by atoms with Crippen LogP contribution in [0.2, 0.25) is 0 Å². The second kappa shape index (κ2) is 5.11. The minimum absolute atomic E-state index is 0.194. The number of hydrogen-bond donors (Lipinski definition) is 3. The van der Waals surface area contributed by atoms with Crippen LogP contribution in [0.4, 0.5) is 0 Å². The molecule has 0 unspecified atom stereocenters. The van der Waals surface area contributed by atoms with Crippen LogP contribution in [0.15, 0.2) is 18.2 Å². The molecule has 1 amide bonds. The van der Waals surface area contributed by atoms with Crippen LogP contribution in [0.3, 0.4) is 0 Å². The fourth-order valence-electron chi connectivity index (χ4n) is 2.48. The molecule has 0 radical (unpaired) electrons. The van der Waals surface area contributed by atoms with E-state index < -0.39 is 0 Å². The van der Waals surface area contributed by atoms with E-state index >= 15 is 0 Å². The molecule has 1 fully saturated rings. The lowest BCUT2D eigenvalue weighted by atomic mass is 9.75. The van der Waals surface area contributed by atoms with E-state index in [9.17, 15) is 15.0 Å². The van der Waals surface area contributed by atoms with E-state index in [1.165, 1.54) is 18.2 Å². The highest BCUT2D eigenvalue weighted by atomic mass is 16.3. The van der Waals surface area contributed by atoms with Crippen LogP contribution in [-0.2, 0) is 0 Å². The number of phenols is 2. The van der Waals surface area contributed by atoms with Gasteiger partial charge < -0.3 is 15.5 Å². The first-order valence-corrected chi connectivity index (χ1v) is 6.70. The SMILES string of the molecule is CC1(C)CCC(NC(=O)c2ccc(O)c(O)c2)CC1. The van der Waals surface area contributed by atoms with E-state index in [-0.39, 0.29) is 23.4 Å². The van der Waals surface area contributed by atoms with Crippen molar-refractivity contribution in [1.29, 1.82) is 0 Å². The van der Waals surface area contributed by atoms with E-state index in [4.69, 9.17) is 0 Å². The Balaban J connectivity index is 1.96. The number of carbonyl (C=O) groups excluding carboxylic acids is 1. The van der Waals surface area contributed by atoms with Crippen LogP contribution in [0.1, 0.15) is 49.9 Å². The zero-order chi connectivity index (χ0) is 14.0. The van der Waals surface area contributed by atoms with E-state index in [1.807, 2.05) is 0 Å². The molecule has 0 spiro atoms. The number of aromatic hydroxyl groups is 2. The summed E-state index contributed by atoms with van der Waals surface area (Å²) in [5.41, 5.74) is 0.748. The average molecular weight is 263 g/mol. The molecular weight excluding hydrogens is 242 g/mol. The molecule has 1 aliphatic carbocycles. The van der Waals surface area contributed by atoms with Crippen molar-refractivity contribution in [2.24, 2.45) is 5.41 Å². The van der Waals surface area contributed by atoms with Crippen molar-refractivity contribution in [3.63, 3.8) is 0 Å². The van der Waals surface area contributed by atoms with Gasteiger partial charge in [-0.05, 0) is 49.3 Å². The molecule has 0 heterocycles. The Morgan fingerprint density at radius 1 is 1.21 bits per heavy atom. The highest BCUT2D eigenvalue weighted by Gasteiger charge is 2.27. The summed E-state index contributed by atoms with van der Waals surface area (Å²) in [7, 11) is 0. The standard InChI is InChI=1S/C15H21NO3/c1-15(2)7-5-11(6-8-15)16-14(19)10-3-4-12(17)13(18)9-10/h3-4,9,11,17-18H,5-8H2,1-2H3,(H,16,19). The summed E-state index contributed by atoms with van der Waals surface area (Å²) in [6.07, 6.45) is 4.20. The Kier molecular flexibility index (Phi) is 3.69. The highest BCUT2D eigenvalue weighted by molar-refractivity contribution is 5.95. The zero-order valence-electron chi connectivity index (χ0n) is 11.4. The molecule has 4 heteroatoms. The van der Waals surface area contributed by atoms with Crippen LogP contribution in [0.25, 0.3) is 0 Å². The van der Waals surface area contributed by atoms with Crippen molar-refractivity contribution in [3.05, 3.63) is 23.8 Å². The molecule has 104 valence electrons. The van der Waals surface area contributed by atoms with Gasteiger partial charge in [-0.2, -0.15) is 0 Å². The van der Waals surface area contributed by atoms with Crippen molar-refractivity contribution in [2.75, 3.05) is 0 Å². The fraction of sp³-hybridized carbons (Fsp3) is 0.533. The molecule has 1 saturated carbocycles. The maximum Gasteiger partial charge on any atom is 0.251 e. The predicted octanol–water partition coefficient (Wildman–Crippen LogP) is 2.80. The molecule has 1 aromatic rings. The number of hydrogen-bond acceptors (Lipinski definition) is 3. The van der Waals surface area contributed by atoms with Gasteiger partial charge in [0.25, 0.3) is 5.91 Å². The predicted molar refractivity (Wildman–Crippen MR) is 73.3 cm³/mol. The molecule has 0 aromatic heterocycles. The zero-order valence-corrected chi connectivity index (χ0v) is 11.4. The van der Waals surface area contributed by atoms with Crippen LogP contribution in [-0.4, -0.2) is 22.2 Å². The van der Waals surface area contributed by atoms with Crippen molar-refractivity contribution < 1.29 is 15.0 Å². The Bertz CT molecular complexity index is 472. The molecule has 0 atom stereocenters. The van der Waals surface area contributed by atoms with Crippen LogP contribution in [0, 0.1) is 5.41 Å². The summed E-state index contributed by atoms with van der Waals surface area (Å²) in [5.74, 6) is -0.673. The van der Waals surface area contributed by atoms with Crippen LogP contribution < -0.4 is 5.32 Å². The van der Waals surface area contributed by atoms with Gasteiger partial charge in [-0.15, -0.1) is 0 Å². The summed E-state index contributed by atoms with van der Waals surface area (Å²) in [5, 5.41) is 21.6. The van der Waals surface area contributed by atoms with Gasteiger partial charge in [0.2, 0.25) is 0 Å². The van der Waals surface area contributed by atoms with Gasteiger partial charge in [-0.1, -0.05) is 13.8 Å².